The lowest BCUT2D eigenvalue weighted by Gasteiger charge is -2.06. The summed E-state index contributed by atoms with van der Waals surface area (Å²) in [7, 11) is 0. The molecular formula is C15H10Cl2N2OS2. The summed E-state index contributed by atoms with van der Waals surface area (Å²) in [5, 5.41) is 3.72. The van der Waals surface area contributed by atoms with Crippen molar-refractivity contribution in [3.8, 4) is 0 Å². The Morgan fingerprint density at radius 1 is 1.23 bits per heavy atom. The van der Waals surface area contributed by atoms with Crippen LogP contribution in [-0.4, -0.2) is 16.6 Å². The topological polar surface area (TPSA) is 42.0 Å². The van der Waals surface area contributed by atoms with Crippen molar-refractivity contribution < 1.29 is 4.79 Å². The van der Waals surface area contributed by atoms with Gasteiger partial charge >= 0.3 is 0 Å². The number of thioether (sulfide) groups is 1. The van der Waals surface area contributed by atoms with Gasteiger partial charge in [-0.1, -0.05) is 47.1 Å². The van der Waals surface area contributed by atoms with Crippen LogP contribution >= 0.6 is 46.3 Å². The Bertz CT molecular complexity index is 802. The zero-order chi connectivity index (χ0) is 15.5. The van der Waals surface area contributed by atoms with Crippen molar-refractivity contribution in [1.29, 1.82) is 0 Å². The maximum absolute atomic E-state index is 12.0. The van der Waals surface area contributed by atoms with Crippen LogP contribution in [0.3, 0.4) is 0 Å². The van der Waals surface area contributed by atoms with Crippen molar-refractivity contribution in [3.63, 3.8) is 0 Å². The minimum Gasteiger partial charge on any atom is -0.324 e. The van der Waals surface area contributed by atoms with Crippen LogP contribution in [0.25, 0.3) is 10.2 Å². The third-order valence-corrected chi connectivity index (χ3v) is 5.53. The molecular weight excluding hydrogens is 359 g/mol. The molecule has 0 unspecified atom stereocenters. The lowest BCUT2D eigenvalue weighted by atomic mass is 10.3. The zero-order valence-electron chi connectivity index (χ0n) is 11.2. The molecule has 3 rings (SSSR count). The van der Waals surface area contributed by atoms with E-state index in [1.54, 1.807) is 29.5 Å². The summed E-state index contributed by atoms with van der Waals surface area (Å²) in [4.78, 5) is 16.5. The fourth-order valence-electron chi connectivity index (χ4n) is 1.82. The number of nitrogens with zero attached hydrogens (tertiary/aromatic N) is 1. The van der Waals surface area contributed by atoms with E-state index < -0.39 is 0 Å². The molecule has 0 spiro atoms. The van der Waals surface area contributed by atoms with E-state index in [2.05, 4.69) is 10.3 Å². The quantitative estimate of drug-likeness (QED) is 0.632. The average Bonchev–Trinajstić information content (AvgIpc) is 2.91. The lowest BCUT2D eigenvalue weighted by molar-refractivity contribution is -0.113. The van der Waals surface area contributed by atoms with Gasteiger partial charge in [-0.25, -0.2) is 4.98 Å². The Morgan fingerprint density at radius 3 is 2.82 bits per heavy atom. The van der Waals surface area contributed by atoms with E-state index in [4.69, 9.17) is 23.2 Å². The number of aromatic nitrogens is 1. The minimum absolute atomic E-state index is 0.131. The Balaban J connectivity index is 1.62. The standard InChI is InChI=1S/C15H10Cl2N2OS2/c16-9-5-6-11(10(17)7-9)18-14(20)8-21-15-19-12-3-1-2-4-13(12)22-15/h1-7H,8H2,(H,18,20). The molecule has 22 heavy (non-hydrogen) atoms. The van der Waals surface area contributed by atoms with Gasteiger partial charge in [0, 0.05) is 5.02 Å². The zero-order valence-corrected chi connectivity index (χ0v) is 14.3. The number of benzene rings is 2. The second-order valence-electron chi connectivity index (χ2n) is 4.41. The van der Waals surface area contributed by atoms with Crippen molar-refractivity contribution in [2.45, 2.75) is 4.34 Å². The number of hydrogen-bond donors (Lipinski definition) is 1. The maximum Gasteiger partial charge on any atom is 0.234 e. The van der Waals surface area contributed by atoms with E-state index in [1.807, 2.05) is 24.3 Å². The molecule has 0 radical (unpaired) electrons. The summed E-state index contributed by atoms with van der Waals surface area (Å²) in [5.41, 5.74) is 1.51. The molecule has 0 atom stereocenters. The highest BCUT2D eigenvalue weighted by Gasteiger charge is 2.09. The molecule has 0 saturated heterocycles. The van der Waals surface area contributed by atoms with E-state index in [9.17, 15) is 4.79 Å². The molecule has 1 heterocycles. The van der Waals surface area contributed by atoms with Crippen molar-refractivity contribution >= 4 is 68.1 Å². The van der Waals surface area contributed by atoms with Gasteiger partial charge in [-0.05, 0) is 30.3 Å². The summed E-state index contributed by atoms with van der Waals surface area (Å²) in [6.45, 7) is 0. The lowest BCUT2D eigenvalue weighted by Crippen LogP contribution is -2.14. The van der Waals surface area contributed by atoms with E-state index in [1.165, 1.54) is 11.8 Å². The molecule has 0 fully saturated rings. The van der Waals surface area contributed by atoms with E-state index >= 15 is 0 Å². The second-order valence-corrected chi connectivity index (χ2v) is 7.51. The van der Waals surface area contributed by atoms with Gasteiger partial charge in [0.15, 0.2) is 4.34 Å². The van der Waals surface area contributed by atoms with Crippen LogP contribution in [0, 0.1) is 0 Å². The number of carbonyl (C=O) groups excluding carboxylic acids is 1. The van der Waals surface area contributed by atoms with Crippen molar-refractivity contribution in [2.24, 2.45) is 0 Å². The van der Waals surface area contributed by atoms with Gasteiger partial charge in [0.25, 0.3) is 0 Å². The summed E-state index contributed by atoms with van der Waals surface area (Å²) >= 11 is 14.8. The highest BCUT2D eigenvalue weighted by atomic mass is 35.5. The van der Waals surface area contributed by atoms with Gasteiger partial charge < -0.3 is 5.32 Å². The average molecular weight is 369 g/mol. The van der Waals surface area contributed by atoms with E-state index in [0.29, 0.717) is 15.7 Å². The molecule has 112 valence electrons. The molecule has 0 aliphatic heterocycles. The first kappa shape index (κ1) is 15.6. The normalized spacial score (nSPS) is 10.8. The minimum atomic E-state index is -0.131. The number of carbonyl (C=O) groups is 1. The first-order valence-electron chi connectivity index (χ1n) is 6.35. The van der Waals surface area contributed by atoms with Gasteiger partial charge in [0.2, 0.25) is 5.91 Å². The van der Waals surface area contributed by atoms with Crippen LogP contribution < -0.4 is 5.32 Å². The number of anilines is 1. The highest BCUT2D eigenvalue weighted by Crippen LogP contribution is 2.30. The monoisotopic (exact) mass is 368 g/mol. The molecule has 0 saturated carbocycles. The summed E-state index contributed by atoms with van der Waals surface area (Å²) in [5.74, 6) is 0.146. The number of nitrogens with one attached hydrogen (secondary N) is 1. The van der Waals surface area contributed by atoms with Crippen LogP contribution in [-0.2, 0) is 4.79 Å². The molecule has 0 aliphatic carbocycles. The second kappa shape index (κ2) is 6.87. The smallest absolute Gasteiger partial charge is 0.234 e. The molecule has 1 aromatic heterocycles. The molecule has 0 aliphatic rings. The third kappa shape index (κ3) is 3.73. The molecule has 7 heteroatoms. The van der Waals surface area contributed by atoms with Gasteiger partial charge in [-0.2, -0.15) is 0 Å². The van der Waals surface area contributed by atoms with Gasteiger partial charge in [-0.3, -0.25) is 4.79 Å². The molecule has 0 bridgehead atoms. The number of halogens is 2. The molecule has 2 aromatic carbocycles. The van der Waals surface area contributed by atoms with Crippen LogP contribution in [0.2, 0.25) is 10.0 Å². The molecule has 3 aromatic rings. The molecule has 3 nitrogen and oxygen atoms in total. The Labute approximate surface area is 145 Å². The fourth-order valence-corrected chi connectivity index (χ4v) is 4.14. The van der Waals surface area contributed by atoms with Crippen LogP contribution in [0.15, 0.2) is 46.8 Å². The van der Waals surface area contributed by atoms with Crippen LogP contribution in [0.4, 0.5) is 5.69 Å². The highest BCUT2D eigenvalue weighted by molar-refractivity contribution is 8.01. The summed E-state index contributed by atoms with van der Waals surface area (Å²) in [6.07, 6.45) is 0. The fraction of sp³-hybridized carbons (Fsp3) is 0.0667. The van der Waals surface area contributed by atoms with Crippen molar-refractivity contribution in [3.05, 3.63) is 52.5 Å². The predicted molar refractivity (Wildman–Crippen MR) is 95.4 cm³/mol. The number of thiazole rings is 1. The predicted octanol–water partition coefficient (Wildman–Crippen LogP) is 5.33. The molecule has 1 amide bonds. The molecule has 1 N–H and O–H groups in total. The van der Waals surface area contributed by atoms with Crippen molar-refractivity contribution in [2.75, 3.05) is 11.1 Å². The van der Waals surface area contributed by atoms with Gasteiger partial charge in [0.1, 0.15) is 0 Å². The first-order chi connectivity index (χ1) is 10.6. The number of para-hydroxylation sites is 1. The SMILES string of the molecule is O=C(CSc1nc2ccccc2s1)Nc1ccc(Cl)cc1Cl. The number of fused-ring (bicyclic) bond motifs is 1. The Kier molecular flexibility index (Phi) is 4.88. The van der Waals surface area contributed by atoms with E-state index in [-0.39, 0.29) is 11.7 Å². The maximum atomic E-state index is 12.0. The van der Waals surface area contributed by atoms with Crippen LogP contribution in [0.1, 0.15) is 0 Å². The van der Waals surface area contributed by atoms with Gasteiger partial charge in [-0.15, -0.1) is 11.3 Å². The third-order valence-electron chi connectivity index (χ3n) is 2.81. The first-order valence-corrected chi connectivity index (χ1v) is 8.91. The number of rotatable bonds is 4. The Hall–Kier alpha value is -1.27. The number of hydrogen-bond acceptors (Lipinski definition) is 4. The van der Waals surface area contributed by atoms with Crippen LogP contribution in [0.5, 0.6) is 0 Å². The largest absolute Gasteiger partial charge is 0.324 e. The summed E-state index contributed by atoms with van der Waals surface area (Å²) in [6, 6.07) is 12.9. The van der Waals surface area contributed by atoms with Crippen molar-refractivity contribution in [1.82, 2.24) is 4.98 Å². The van der Waals surface area contributed by atoms with Gasteiger partial charge in [0.05, 0.1) is 26.7 Å². The van der Waals surface area contributed by atoms with E-state index in [0.717, 1.165) is 14.6 Å². The Morgan fingerprint density at radius 2 is 2.05 bits per heavy atom. The number of amides is 1. The summed E-state index contributed by atoms with van der Waals surface area (Å²) < 4.78 is 1.99.